The highest BCUT2D eigenvalue weighted by Crippen LogP contribution is 2.19. The molecule has 1 aromatic rings. The standard InChI is InChI=1S/C7H8FNO/c1-7(8,10)6-3-2-4-9-5-6/h2-5,10H,1H3. The normalized spacial score (nSPS) is 16.3. The molecule has 0 radical (unpaired) electrons. The summed E-state index contributed by atoms with van der Waals surface area (Å²) in [6.07, 6.45) is 2.81. The minimum atomic E-state index is -2.27. The summed E-state index contributed by atoms with van der Waals surface area (Å²) in [4.78, 5) is 3.65. The molecule has 0 bridgehead atoms. The zero-order valence-corrected chi connectivity index (χ0v) is 5.58. The molecule has 3 heteroatoms. The van der Waals surface area contributed by atoms with Gasteiger partial charge in [-0.15, -0.1) is 0 Å². The summed E-state index contributed by atoms with van der Waals surface area (Å²) < 4.78 is 12.6. The van der Waals surface area contributed by atoms with Crippen LogP contribution in [-0.4, -0.2) is 10.1 Å². The maximum Gasteiger partial charge on any atom is 0.231 e. The predicted molar refractivity (Wildman–Crippen MR) is 34.9 cm³/mol. The van der Waals surface area contributed by atoms with Crippen molar-refractivity contribution < 1.29 is 9.50 Å². The molecular formula is C7H8FNO. The molecule has 1 unspecified atom stereocenters. The van der Waals surface area contributed by atoms with Crippen molar-refractivity contribution in [2.24, 2.45) is 0 Å². The van der Waals surface area contributed by atoms with Gasteiger partial charge in [-0.2, -0.15) is 0 Å². The van der Waals surface area contributed by atoms with Crippen molar-refractivity contribution in [1.82, 2.24) is 4.98 Å². The Morgan fingerprint density at radius 3 is 2.70 bits per heavy atom. The van der Waals surface area contributed by atoms with E-state index in [1.54, 1.807) is 6.07 Å². The van der Waals surface area contributed by atoms with E-state index in [4.69, 9.17) is 5.11 Å². The summed E-state index contributed by atoms with van der Waals surface area (Å²) in [6.45, 7) is 1.07. The van der Waals surface area contributed by atoms with Gasteiger partial charge in [0.05, 0.1) is 0 Å². The Labute approximate surface area is 58.3 Å². The molecule has 0 saturated heterocycles. The van der Waals surface area contributed by atoms with Gasteiger partial charge < -0.3 is 5.11 Å². The van der Waals surface area contributed by atoms with Crippen LogP contribution < -0.4 is 0 Å². The average molecular weight is 141 g/mol. The smallest absolute Gasteiger partial charge is 0.231 e. The Bertz CT molecular complexity index is 205. The molecular weight excluding hydrogens is 133 g/mol. The van der Waals surface area contributed by atoms with E-state index < -0.39 is 5.85 Å². The minimum Gasteiger partial charge on any atom is -0.358 e. The van der Waals surface area contributed by atoms with Crippen LogP contribution >= 0.6 is 0 Å². The van der Waals surface area contributed by atoms with Crippen molar-refractivity contribution >= 4 is 0 Å². The van der Waals surface area contributed by atoms with E-state index in [0.717, 1.165) is 6.92 Å². The summed E-state index contributed by atoms with van der Waals surface area (Å²) in [6, 6.07) is 3.05. The van der Waals surface area contributed by atoms with Gasteiger partial charge in [-0.05, 0) is 13.0 Å². The van der Waals surface area contributed by atoms with E-state index in [2.05, 4.69) is 4.98 Å². The largest absolute Gasteiger partial charge is 0.358 e. The van der Waals surface area contributed by atoms with Crippen LogP contribution in [-0.2, 0) is 5.85 Å². The summed E-state index contributed by atoms with van der Waals surface area (Å²) in [5.74, 6) is -2.27. The molecule has 0 saturated carbocycles. The van der Waals surface area contributed by atoms with Crippen molar-refractivity contribution in [3.63, 3.8) is 0 Å². The molecule has 10 heavy (non-hydrogen) atoms. The van der Waals surface area contributed by atoms with Gasteiger partial charge in [0.15, 0.2) is 0 Å². The van der Waals surface area contributed by atoms with Gasteiger partial charge in [-0.25, -0.2) is 4.39 Å². The fraction of sp³-hybridized carbons (Fsp3) is 0.286. The lowest BCUT2D eigenvalue weighted by Gasteiger charge is -2.11. The van der Waals surface area contributed by atoms with E-state index in [-0.39, 0.29) is 5.56 Å². The summed E-state index contributed by atoms with van der Waals surface area (Å²) >= 11 is 0. The second kappa shape index (κ2) is 2.34. The van der Waals surface area contributed by atoms with Crippen LogP contribution in [0.3, 0.4) is 0 Å². The fourth-order valence-electron chi connectivity index (χ4n) is 0.633. The van der Waals surface area contributed by atoms with E-state index >= 15 is 0 Å². The lowest BCUT2D eigenvalue weighted by molar-refractivity contribution is -0.0771. The van der Waals surface area contributed by atoms with Gasteiger partial charge in [0.25, 0.3) is 0 Å². The molecule has 0 aliphatic carbocycles. The van der Waals surface area contributed by atoms with Crippen LogP contribution in [0, 0.1) is 0 Å². The number of alkyl halides is 1. The number of hydrogen-bond donors (Lipinski definition) is 1. The summed E-state index contributed by atoms with van der Waals surface area (Å²) in [5, 5.41) is 8.78. The zero-order chi connectivity index (χ0) is 7.61. The number of halogens is 1. The predicted octanol–water partition coefficient (Wildman–Crippen LogP) is 1.22. The number of aromatic nitrogens is 1. The first-order valence-electron chi connectivity index (χ1n) is 2.92. The van der Waals surface area contributed by atoms with Crippen LogP contribution in [0.5, 0.6) is 0 Å². The van der Waals surface area contributed by atoms with Crippen molar-refractivity contribution in [3.8, 4) is 0 Å². The first-order chi connectivity index (χ1) is 4.61. The molecule has 1 heterocycles. The molecule has 1 N–H and O–H groups in total. The van der Waals surface area contributed by atoms with Crippen LogP contribution in [0.15, 0.2) is 24.5 Å². The molecule has 2 nitrogen and oxygen atoms in total. The molecule has 1 aromatic heterocycles. The van der Waals surface area contributed by atoms with Gasteiger partial charge in [0.1, 0.15) is 0 Å². The monoisotopic (exact) mass is 141 g/mol. The number of aliphatic hydroxyl groups is 1. The molecule has 0 aliphatic heterocycles. The Balaban J connectivity index is 2.97. The summed E-state index contributed by atoms with van der Waals surface area (Å²) in [7, 11) is 0. The molecule has 0 aliphatic rings. The highest BCUT2D eigenvalue weighted by Gasteiger charge is 2.20. The average Bonchev–Trinajstić information content (AvgIpc) is 1.88. The Kier molecular flexibility index (Phi) is 1.68. The zero-order valence-electron chi connectivity index (χ0n) is 5.58. The van der Waals surface area contributed by atoms with Gasteiger partial charge in [0, 0.05) is 18.0 Å². The quantitative estimate of drug-likeness (QED) is 0.637. The third kappa shape index (κ3) is 1.51. The third-order valence-corrected chi connectivity index (χ3v) is 1.19. The Morgan fingerprint density at radius 1 is 1.70 bits per heavy atom. The maximum atomic E-state index is 12.6. The van der Waals surface area contributed by atoms with Gasteiger partial charge in [-0.3, -0.25) is 4.98 Å². The number of rotatable bonds is 1. The first-order valence-corrected chi connectivity index (χ1v) is 2.92. The highest BCUT2D eigenvalue weighted by molar-refractivity contribution is 5.13. The van der Waals surface area contributed by atoms with Crippen LogP contribution in [0.1, 0.15) is 12.5 Å². The van der Waals surface area contributed by atoms with E-state index in [1.807, 2.05) is 0 Å². The van der Waals surface area contributed by atoms with Crippen LogP contribution in [0.2, 0.25) is 0 Å². The first kappa shape index (κ1) is 7.15. The van der Waals surface area contributed by atoms with E-state index in [0.29, 0.717) is 0 Å². The van der Waals surface area contributed by atoms with E-state index in [9.17, 15) is 4.39 Å². The highest BCUT2D eigenvalue weighted by atomic mass is 19.2. The summed E-state index contributed by atoms with van der Waals surface area (Å²) in [5.41, 5.74) is 0.176. The van der Waals surface area contributed by atoms with Crippen molar-refractivity contribution in [1.29, 1.82) is 0 Å². The SMILES string of the molecule is CC(O)(F)c1cccnc1. The second-order valence-corrected chi connectivity index (χ2v) is 2.20. The molecule has 0 spiro atoms. The van der Waals surface area contributed by atoms with Crippen molar-refractivity contribution in [2.45, 2.75) is 12.8 Å². The van der Waals surface area contributed by atoms with Crippen LogP contribution in [0.4, 0.5) is 4.39 Å². The van der Waals surface area contributed by atoms with Gasteiger partial charge in [-0.1, -0.05) is 6.07 Å². The molecule has 1 atom stereocenters. The van der Waals surface area contributed by atoms with Gasteiger partial charge >= 0.3 is 0 Å². The van der Waals surface area contributed by atoms with Crippen molar-refractivity contribution in [2.75, 3.05) is 0 Å². The Hall–Kier alpha value is -0.960. The third-order valence-electron chi connectivity index (χ3n) is 1.19. The number of hydrogen-bond acceptors (Lipinski definition) is 2. The topological polar surface area (TPSA) is 33.1 Å². The molecule has 0 amide bonds. The van der Waals surface area contributed by atoms with Gasteiger partial charge in [0.2, 0.25) is 5.85 Å². The number of pyridine rings is 1. The fourth-order valence-corrected chi connectivity index (χ4v) is 0.633. The molecule has 1 rings (SSSR count). The Morgan fingerprint density at radius 2 is 2.40 bits per heavy atom. The molecule has 0 fully saturated rings. The lowest BCUT2D eigenvalue weighted by atomic mass is 10.2. The van der Waals surface area contributed by atoms with E-state index in [1.165, 1.54) is 18.5 Å². The van der Waals surface area contributed by atoms with Crippen molar-refractivity contribution in [3.05, 3.63) is 30.1 Å². The second-order valence-electron chi connectivity index (χ2n) is 2.20. The maximum absolute atomic E-state index is 12.6. The molecule has 54 valence electrons. The molecule has 0 aromatic carbocycles. The van der Waals surface area contributed by atoms with Crippen LogP contribution in [0.25, 0.3) is 0 Å². The lowest BCUT2D eigenvalue weighted by Crippen LogP contribution is -2.13. The minimum absolute atomic E-state index is 0.176. The number of nitrogens with zero attached hydrogens (tertiary/aromatic N) is 1.